The van der Waals surface area contributed by atoms with E-state index in [4.69, 9.17) is 11.6 Å². The van der Waals surface area contributed by atoms with Gasteiger partial charge in [0.2, 0.25) is 6.17 Å². The number of fused-ring (bicyclic) bond motifs is 1. The van der Waals surface area contributed by atoms with Crippen molar-refractivity contribution >= 4 is 40.1 Å². The Morgan fingerprint density at radius 3 is 2.88 bits per heavy atom. The van der Waals surface area contributed by atoms with E-state index in [1.165, 1.54) is 32.1 Å². The highest BCUT2D eigenvalue weighted by Crippen LogP contribution is 2.32. The number of amidine groups is 1. The summed E-state index contributed by atoms with van der Waals surface area (Å²) >= 11 is 7.97. The van der Waals surface area contributed by atoms with Crippen molar-refractivity contribution in [2.75, 3.05) is 10.7 Å². The number of amides is 1. The van der Waals surface area contributed by atoms with Crippen LogP contribution in [0.15, 0.2) is 35.7 Å². The molecule has 0 spiro atoms. The largest absolute Gasteiger partial charge is 0.294 e. The summed E-state index contributed by atoms with van der Waals surface area (Å²) in [4.78, 5) is 16.6. The molecule has 1 aromatic rings. The minimum Gasteiger partial charge on any atom is -0.294 e. The molecule has 3 aliphatic rings. The predicted octanol–water partition coefficient (Wildman–Crippen LogP) is 4.28. The number of carbonyl (C=O) groups excluding carboxylic acids is 1. The van der Waals surface area contributed by atoms with Crippen LogP contribution in [0.5, 0.6) is 0 Å². The Kier molecular flexibility index (Phi) is 5.14. The van der Waals surface area contributed by atoms with Crippen LogP contribution in [0.25, 0.3) is 0 Å². The standard InChI is InChI=1S/C19H23ClN4OS/c1-13-15(20)8-5-9-16(13)23-10-11-24-17(18(23)25)21-22-19(24)26-12-14-6-3-2-4-7-14/h5,8-11,14,17,21H,2-4,6-7,12H2,1H3. The first-order chi connectivity index (χ1) is 12.6. The second-order valence-corrected chi connectivity index (χ2v) is 8.43. The van der Waals surface area contributed by atoms with E-state index in [-0.39, 0.29) is 5.91 Å². The minimum absolute atomic E-state index is 0.0464. The summed E-state index contributed by atoms with van der Waals surface area (Å²) in [6.45, 7) is 1.93. The molecule has 5 nitrogen and oxygen atoms in total. The van der Waals surface area contributed by atoms with E-state index in [1.54, 1.807) is 22.9 Å². The second kappa shape index (κ2) is 7.53. The van der Waals surface area contributed by atoms with E-state index in [0.717, 1.165) is 28.1 Å². The van der Waals surface area contributed by atoms with Crippen LogP contribution in [0, 0.1) is 12.8 Å². The summed E-state index contributed by atoms with van der Waals surface area (Å²) in [5.74, 6) is 1.79. The highest BCUT2D eigenvalue weighted by atomic mass is 35.5. The van der Waals surface area contributed by atoms with Crippen molar-refractivity contribution in [1.82, 2.24) is 10.3 Å². The van der Waals surface area contributed by atoms with Crippen LogP contribution < -0.4 is 10.3 Å². The number of rotatable bonds is 3. The van der Waals surface area contributed by atoms with Crippen molar-refractivity contribution in [2.24, 2.45) is 11.0 Å². The fourth-order valence-corrected chi connectivity index (χ4v) is 5.04. The normalized spacial score (nSPS) is 23.1. The van der Waals surface area contributed by atoms with Gasteiger partial charge in [-0.1, -0.05) is 48.7 Å². The Morgan fingerprint density at radius 2 is 2.08 bits per heavy atom. The van der Waals surface area contributed by atoms with Crippen LogP contribution >= 0.6 is 23.4 Å². The van der Waals surface area contributed by atoms with Crippen LogP contribution in [-0.4, -0.2) is 27.9 Å². The van der Waals surface area contributed by atoms with Crippen molar-refractivity contribution in [3.8, 4) is 0 Å². The zero-order valence-corrected chi connectivity index (χ0v) is 16.4. The lowest BCUT2D eigenvalue weighted by molar-refractivity contribution is -0.122. The number of nitrogens with zero attached hydrogens (tertiary/aromatic N) is 3. The molecule has 138 valence electrons. The molecular weight excluding hydrogens is 368 g/mol. The summed E-state index contributed by atoms with van der Waals surface area (Å²) in [5.41, 5.74) is 4.70. The first-order valence-corrected chi connectivity index (χ1v) is 10.5. The minimum atomic E-state index is -0.479. The Morgan fingerprint density at radius 1 is 1.27 bits per heavy atom. The number of halogens is 1. The van der Waals surface area contributed by atoms with Gasteiger partial charge in [-0.2, -0.15) is 5.10 Å². The molecule has 1 N–H and O–H groups in total. The lowest BCUT2D eigenvalue weighted by Crippen LogP contribution is -2.52. The maximum Gasteiger partial charge on any atom is 0.276 e. The molecule has 0 radical (unpaired) electrons. The van der Waals surface area contributed by atoms with E-state index >= 15 is 0 Å². The van der Waals surface area contributed by atoms with Gasteiger partial charge in [0, 0.05) is 23.2 Å². The van der Waals surface area contributed by atoms with Crippen LogP contribution in [0.4, 0.5) is 5.69 Å². The van der Waals surface area contributed by atoms with Crippen molar-refractivity contribution in [1.29, 1.82) is 0 Å². The zero-order chi connectivity index (χ0) is 18.1. The van der Waals surface area contributed by atoms with E-state index in [0.29, 0.717) is 5.02 Å². The molecule has 0 aromatic heterocycles. The third kappa shape index (κ3) is 3.32. The Labute approximate surface area is 163 Å². The third-order valence-corrected chi connectivity index (χ3v) is 6.91. The molecular formula is C19H23ClN4OS. The third-order valence-electron chi connectivity index (χ3n) is 5.30. The Bertz CT molecular complexity index is 760. The van der Waals surface area contributed by atoms with E-state index in [2.05, 4.69) is 10.5 Å². The van der Waals surface area contributed by atoms with Gasteiger partial charge in [0.25, 0.3) is 5.91 Å². The van der Waals surface area contributed by atoms with Crippen molar-refractivity contribution in [3.05, 3.63) is 41.2 Å². The van der Waals surface area contributed by atoms with Crippen LogP contribution in [-0.2, 0) is 4.79 Å². The van der Waals surface area contributed by atoms with Crippen molar-refractivity contribution in [2.45, 2.75) is 45.2 Å². The van der Waals surface area contributed by atoms with Gasteiger partial charge in [0.15, 0.2) is 5.17 Å². The van der Waals surface area contributed by atoms with Gasteiger partial charge in [-0.3, -0.25) is 20.0 Å². The first kappa shape index (κ1) is 17.7. The Hall–Kier alpha value is -1.66. The topological polar surface area (TPSA) is 47.9 Å². The maximum absolute atomic E-state index is 13.0. The number of thioether (sulfide) groups is 1. The molecule has 4 rings (SSSR count). The molecule has 0 saturated heterocycles. The molecule has 1 atom stereocenters. The number of hydrazone groups is 1. The summed E-state index contributed by atoms with van der Waals surface area (Å²) < 4.78 is 0. The molecule has 1 aromatic carbocycles. The number of carbonyl (C=O) groups is 1. The van der Waals surface area contributed by atoms with Crippen LogP contribution in [0.1, 0.15) is 37.7 Å². The SMILES string of the molecule is Cc1c(Cl)cccc1N1C=CN2C(SCC3CCCCC3)=NNC2C1=O. The molecule has 1 amide bonds. The molecule has 2 aliphatic heterocycles. The molecule has 1 aliphatic carbocycles. The van der Waals surface area contributed by atoms with Gasteiger partial charge in [-0.15, -0.1) is 0 Å². The van der Waals surface area contributed by atoms with Crippen molar-refractivity contribution < 1.29 is 4.79 Å². The summed E-state index contributed by atoms with van der Waals surface area (Å²) in [6.07, 6.45) is 9.94. The molecule has 2 heterocycles. The maximum atomic E-state index is 13.0. The molecule has 1 unspecified atom stereocenters. The van der Waals surface area contributed by atoms with Gasteiger partial charge in [-0.25, -0.2) is 0 Å². The van der Waals surface area contributed by atoms with E-state index in [9.17, 15) is 4.79 Å². The average molecular weight is 391 g/mol. The lowest BCUT2D eigenvalue weighted by atomic mass is 9.91. The van der Waals surface area contributed by atoms with E-state index in [1.807, 2.05) is 36.2 Å². The molecule has 0 bridgehead atoms. The molecule has 26 heavy (non-hydrogen) atoms. The molecule has 7 heteroatoms. The van der Waals surface area contributed by atoms with E-state index < -0.39 is 6.17 Å². The number of anilines is 1. The quantitative estimate of drug-likeness (QED) is 0.836. The smallest absolute Gasteiger partial charge is 0.276 e. The Balaban J connectivity index is 1.46. The fraction of sp³-hybridized carbons (Fsp3) is 0.474. The number of hydrogen-bond donors (Lipinski definition) is 1. The summed E-state index contributed by atoms with van der Waals surface area (Å²) in [7, 11) is 0. The van der Waals surface area contributed by atoms with Crippen LogP contribution in [0.3, 0.4) is 0 Å². The average Bonchev–Trinajstić information content (AvgIpc) is 3.08. The van der Waals surface area contributed by atoms with Gasteiger partial charge in [-0.05, 0) is 43.4 Å². The molecule has 1 saturated carbocycles. The molecule has 1 fully saturated rings. The van der Waals surface area contributed by atoms with Gasteiger partial charge in [0.1, 0.15) is 0 Å². The summed E-state index contributed by atoms with van der Waals surface area (Å²) in [5, 5.41) is 5.95. The number of nitrogens with one attached hydrogen (secondary N) is 1. The van der Waals surface area contributed by atoms with Crippen molar-refractivity contribution in [3.63, 3.8) is 0 Å². The van der Waals surface area contributed by atoms with Gasteiger partial charge >= 0.3 is 0 Å². The second-order valence-electron chi connectivity index (χ2n) is 7.04. The zero-order valence-electron chi connectivity index (χ0n) is 14.8. The van der Waals surface area contributed by atoms with Gasteiger partial charge < -0.3 is 0 Å². The lowest BCUT2D eigenvalue weighted by Gasteiger charge is -2.33. The predicted molar refractivity (Wildman–Crippen MR) is 108 cm³/mol. The highest BCUT2D eigenvalue weighted by molar-refractivity contribution is 8.13. The number of benzene rings is 1. The summed E-state index contributed by atoms with van der Waals surface area (Å²) in [6, 6.07) is 5.61. The monoisotopic (exact) mass is 390 g/mol. The van der Waals surface area contributed by atoms with Gasteiger partial charge in [0.05, 0.1) is 5.69 Å². The highest BCUT2D eigenvalue weighted by Gasteiger charge is 2.38. The number of hydrogen-bond acceptors (Lipinski definition) is 5. The first-order valence-electron chi connectivity index (χ1n) is 9.16. The fourth-order valence-electron chi connectivity index (χ4n) is 3.72. The van der Waals surface area contributed by atoms with Crippen LogP contribution in [0.2, 0.25) is 5.02 Å².